The summed E-state index contributed by atoms with van der Waals surface area (Å²) in [5.41, 5.74) is 8.01. The molecule has 0 saturated heterocycles. The smallest absolute Gasteiger partial charge is 0.340 e. The first-order valence-corrected chi connectivity index (χ1v) is 14.5. The molecular weight excluding hydrogens is 520 g/mol. The van der Waals surface area contributed by atoms with Gasteiger partial charge in [0.05, 0.1) is 5.56 Å². The van der Waals surface area contributed by atoms with Crippen LogP contribution in [0, 0.1) is 6.92 Å². The Morgan fingerprint density at radius 3 is 2.21 bits per heavy atom. The van der Waals surface area contributed by atoms with Gasteiger partial charge in [0.1, 0.15) is 11.5 Å². The van der Waals surface area contributed by atoms with Crippen LogP contribution in [0.25, 0.3) is 0 Å². The monoisotopic (exact) mass is 552 g/mol. The van der Waals surface area contributed by atoms with Gasteiger partial charge in [-0.15, -0.1) is 0 Å². The summed E-state index contributed by atoms with van der Waals surface area (Å²) < 4.78 is 13.0. The number of aryl methyl sites for hydroxylation is 2. The average molecular weight is 553 g/mol. The lowest BCUT2D eigenvalue weighted by molar-refractivity contribution is 0.0224. The average Bonchev–Trinajstić information content (AvgIpc) is 3.30. The van der Waals surface area contributed by atoms with Crippen molar-refractivity contribution in [1.82, 2.24) is 0 Å². The molecule has 5 aromatic carbocycles. The van der Waals surface area contributed by atoms with Gasteiger partial charge in [-0.05, 0) is 85.5 Å². The van der Waals surface area contributed by atoms with Gasteiger partial charge < -0.3 is 20.1 Å². The van der Waals surface area contributed by atoms with Crippen molar-refractivity contribution in [3.8, 4) is 11.5 Å². The molecule has 0 aliphatic carbocycles. The third-order valence-electron chi connectivity index (χ3n) is 8.17. The summed E-state index contributed by atoms with van der Waals surface area (Å²) in [6.07, 6.45) is 3.46. The molecule has 2 N–H and O–H groups in total. The number of unbranched alkanes of at least 4 members (excludes halogenated alkanes) is 1. The van der Waals surface area contributed by atoms with Crippen LogP contribution in [-0.4, -0.2) is 5.97 Å². The number of hydrogen-bond acceptors (Lipinski definition) is 5. The van der Waals surface area contributed by atoms with Crippen LogP contribution in [0.3, 0.4) is 0 Å². The molecule has 7 rings (SSSR count). The normalized spacial score (nSPS) is 16.2. The Morgan fingerprint density at radius 1 is 0.690 bits per heavy atom. The Hall–Kier alpha value is -5.03. The molecule has 2 heterocycles. The van der Waals surface area contributed by atoms with Crippen molar-refractivity contribution in [2.75, 3.05) is 10.6 Å². The largest absolute Gasteiger partial charge is 0.456 e. The van der Waals surface area contributed by atoms with Crippen molar-refractivity contribution in [2.45, 2.75) is 38.7 Å². The van der Waals surface area contributed by atoms with Gasteiger partial charge in [-0.1, -0.05) is 61.9 Å². The lowest BCUT2D eigenvalue weighted by atomic mass is 9.77. The fourth-order valence-electron chi connectivity index (χ4n) is 6.01. The van der Waals surface area contributed by atoms with Gasteiger partial charge in [0.2, 0.25) is 0 Å². The zero-order valence-corrected chi connectivity index (χ0v) is 23.7. The van der Waals surface area contributed by atoms with Gasteiger partial charge in [0.25, 0.3) is 0 Å². The van der Waals surface area contributed by atoms with Gasteiger partial charge in [0, 0.05) is 45.5 Å². The summed E-state index contributed by atoms with van der Waals surface area (Å²) in [6.45, 7) is 4.26. The number of carbonyl (C=O) groups is 1. The number of benzene rings is 5. The number of rotatable bonds is 7. The molecule has 5 aromatic rings. The maximum absolute atomic E-state index is 13.3. The second-order valence-electron chi connectivity index (χ2n) is 11.0. The quantitative estimate of drug-likeness (QED) is 0.197. The number of carbonyl (C=O) groups excluding carboxylic acids is 1. The van der Waals surface area contributed by atoms with E-state index < -0.39 is 5.60 Å². The molecule has 2 aliphatic rings. The van der Waals surface area contributed by atoms with E-state index in [1.54, 1.807) is 0 Å². The van der Waals surface area contributed by atoms with E-state index in [9.17, 15) is 4.79 Å². The van der Waals surface area contributed by atoms with Crippen LogP contribution in [0.2, 0.25) is 0 Å². The number of nitrogens with one attached hydrogen (secondary N) is 2. The maximum Gasteiger partial charge on any atom is 0.340 e. The number of ether oxygens (including phenoxy) is 2. The summed E-state index contributed by atoms with van der Waals surface area (Å²) in [6, 6.07) is 36.4. The van der Waals surface area contributed by atoms with E-state index in [0.29, 0.717) is 17.1 Å². The van der Waals surface area contributed by atoms with Crippen LogP contribution >= 0.6 is 0 Å². The van der Waals surface area contributed by atoms with Crippen molar-refractivity contribution >= 4 is 28.7 Å². The lowest BCUT2D eigenvalue weighted by Gasteiger charge is -2.37. The maximum atomic E-state index is 13.3. The zero-order valence-electron chi connectivity index (χ0n) is 23.7. The first-order valence-electron chi connectivity index (χ1n) is 14.5. The van der Waals surface area contributed by atoms with Crippen molar-refractivity contribution < 1.29 is 14.3 Å². The van der Waals surface area contributed by atoms with Crippen LogP contribution in [0.5, 0.6) is 11.5 Å². The summed E-state index contributed by atoms with van der Waals surface area (Å²) in [5, 5.41) is 7.05. The molecule has 1 unspecified atom stereocenters. The Balaban J connectivity index is 1.32. The van der Waals surface area contributed by atoms with Crippen LogP contribution in [0.15, 0.2) is 109 Å². The molecule has 2 aliphatic heterocycles. The lowest BCUT2D eigenvalue weighted by Crippen LogP contribution is -2.33. The summed E-state index contributed by atoms with van der Waals surface area (Å²) in [5.74, 6) is 0.980. The molecule has 5 nitrogen and oxygen atoms in total. The molecular formula is C37H32N2O3. The van der Waals surface area contributed by atoms with E-state index in [1.807, 2.05) is 85.8 Å². The summed E-state index contributed by atoms with van der Waals surface area (Å²) in [7, 11) is 0. The van der Waals surface area contributed by atoms with E-state index in [2.05, 4.69) is 47.9 Å². The van der Waals surface area contributed by atoms with Gasteiger partial charge in [-0.25, -0.2) is 4.79 Å². The molecule has 5 heteroatoms. The highest BCUT2D eigenvalue weighted by Gasteiger charge is 2.53. The molecule has 0 saturated carbocycles. The van der Waals surface area contributed by atoms with E-state index in [4.69, 9.17) is 9.47 Å². The van der Waals surface area contributed by atoms with Gasteiger partial charge in [-0.3, -0.25) is 0 Å². The van der Waals surface area contributed by atoms with E-state index in [1.165, 1.54) is 18.4 Å². The van der Waals surface area contributed by atoms with E-state index in [0.717, 1.165) is 51.4 Å². The number of para-hydroxylation sites is 1. The van der Waals surface area contributed by atoms with Crippen molar-refractivity contribution in [2.24, 2.45) is 0 Å². The standard InChI is InChI=1S/C37H32N2O3/c1-3-4-10-25-15-17-27(18-16-25)38-28-19-20-31-35(22-28)41-34-21-24(2)33(39-26-11-6-5-7-12-26)23-32(34)37(31)30-14-9-8-13-29(30)36(40)42-37/h5-9,11-23,38-39H,3-4,10H2,1-2H3. The first kappa shape index (κ1) is 25.9. The predicted octanol–water partition coefficient (Wildman–Crippen LogP) is 9.39. The SMILES string of the molecule is CCCCc1ccc(Nc2ccc3c(c2)Oc2cc(C)c(Nc4ccccc4)cc2C32OC(=O)c3ccccc32)cc1. The Morgan fingerprint density at radius 2 is 1.40 bits per heavy atom. The van der Waals surface area contributed by atoms with Crippen molar-refractivity contribution in [3.05, 3.63) is 143 Å². The molecule has 0 radical (unpaired) electrons. The minimum atomic E-state index is -1.13. The zero-order chi connectivity index (χ0) is 28.7. The summed E-state index contributed by atoms with van der Waals surface area (Å²) in [4.78, 5) is 13.3. The minimum Gasteiger partial charge on any atom is -0.456 e. The Bertz CT molecular complexity index is 1800. The first-order chi connectivity index (χ1) is 20.5. The number of fused-ring (bicyclic) bond motifs is 6. The van der Waals surface area contributed by atoms with Crippen molar-refractivity contribution in [3.63, 3.8) is 0 Å². The topological polar surface area (TPSA) is 59.6 Å². The molecule has 0 aromatic heterocycles. The second kappa shape index (κ2) is 10.4. The fraction of sp³-hybridized carbons (Fsp3) is 0.162. The molecule has 1 atom stereocenters. The van der Waals surface area contributed by atoms with Gasteiger partial charge in [0.15, 0.2) is 5.60 Å². The van der Waals surface area contributed by atoms with E-state index in [-0.39, 0.29) is 5.97 Å². The highest BCUT2D eigenvalue weighted by atomic mass is 16.6. The van der Waals surface area contributed by atoms with Gasteiger partial charge >= 0.3 is 5.97 Å². The number of hydrogen-bond donors (Lipinski definition) is 2. The predicted molar refractivity (Wildman–Crippen MR) is 167 cm³/mol. The highest BCUT2D eigenvalue weighted by molar-refractivity contribution is 5.97. The molecule has 208 valence electrons. The van der Waals surface area contributed by atoms with Crippen molar-refractivity contribution in [1.29, 1.82) is 0 Å². The Kier molecular flexibility index (Phi) is 6.43. The van der Waals surface area contributed by atoms with Crippen LogP contribution in [-0.2, 0) is 16.8 Å². The number of anilines is 4. The minimum absolute atomic E-state index is 0.340. The van der Waals surface area contributed by atoms with Gasteiger partial charge in [-0.2, -0.15) is 0 Å². The summed E-state index contributed by atoms with van der Waals surface area (Å²) >= 11 is 0. The Labute approximate surface area is 246 Å². The third-order valence-corrected chi connectivity index (χ3v) is 8.17. The molecule has 0 amide bonds. The van der Waals surface area contributed by atoms with Crippen LogP contribution in [0.1, 0.15) is 57.9 Å². The molecule has 0 bridgehead atoms. The molecule has 42 heavy (non-hydrogen) atoms. The van der Waals surface area contributed by atoms with Crippen LogP contribution in [0.4, 0.5) is 22.7 Å². The third kappa shape index (κ3) is 4.38. The highest BCUT2D eigenvalue weighted by Crippen LogP contribution is 2.57. The van der Waals surface area contributed by atoms with E-state index >= 15 is 0 Å². The van der Waals surface area contributed by atoms with Crippen LogP contribution < -0.4 is 15.4 Å². The molecule has 1 spiro atoms. The second-order valence-corrected chi connectivity index (χ2v) is 11.0. The molecule has 0 fully saturated rings. The fourth-order valence-corrected chi connectivity index (χ4v) is 6.01. The number of esters is 1.